The van der Waals surface area contributed by atoms with Gasteiger partial charge in [0.05, 0.1) is 25.8 Å². The Labute approximate surface area is 101 Å². The largest absolute Gasteiger partial charge is 0.497 e. The molecule has 0 saturated carbocycles. The standard InChI is InChI=1S/C12H17ClO3/c1-12(2,7-14)11-9(13)5-8(15-3)6-10(11)16-4/h5-6,14H,7H2,1-4H3. The summed E-state index contributed by atoms with van der Waals surface area (Å²) >= 11 is 6.18. The summed E-state index contributed by atoms with van der Waals surface area (Å²) in [5.41, 5.74) is 0.342. The summed E-state index contributed by atoms with van der Waals surface area (Å²) in [6.45, 7) is 3.81. The molecular weight excluding hydrogens is 228 g/mol. The van der Waals surface area contributed by atoms with Gasteiger partial charge in [0, 0.05) is 17.0 Å². The Bertz CT molecular complexity index is 375. The Hall–Kier alpha value is -0.930. The Morgan fingerprint density at radius 1 is 1.25 bits per heavy atom. The molecule has 0 saturated heterocycles. The van der Waals surface area contributed by atoms with Crippen molar-refractivity contribution < 1.29 is 14.6 Å². The molecule has 0 heterocycles. The fourth-order valence-electron chi connectivity index (χ4n) is 1.57. The van der Waals surface area contributed by atoms with E-state index in [0.717, 1.165) is 5.56 Å². The fraction of sp³-hybridized carbons (Fsp3) is 0.500. The van der Waals surface area contributed by atoms with Crippen molar-refractivity contribution in [3.05, 3.63) is 22.7 Å². The van der Waals surface area contributed by atoms with Crippen molar-refractivity contribution in [3.63, 3.8) is 0 Å². The number of hydrogen-bond donors (Lipinski definition) is 1. The highest BCUT2D eigenvalue weighted by molar-refractivity contribution is 6.31. The first kappa shape index (κ1) is 13.1. The molecule has 90 valence electrons. The van der Waals surface area contributed by atoms with E-state index in [2.05, 4.69) is 0 Å². The van der Waals surface area contributed by atoms with E-state index in [9.17, 15) is 5.11 Å². The lowest BCUT2D eigenvalue weighted by Crippen LogP contribution is -2.23. The number of halogens is 1. The predicted octanol–water partition coefficient (Wildman–Crippen LogP) is 2.63. The zero-order valence-electron chi connectivity index (χ0n) is 10.0. The molecule has 1 aromatic carbocycles. The second-order valence-electron chi connectivity index (χ2n) is 4.23. The number of methoxy groups -OCH3 is 2. The molecule has 1 aromatic rings. The molecule has 16 heavy (non-hydrogen) atoms. The maximum atomic E-state index is 9.37. The van der Waals surface area contributed by atoms with Gasteiger partial charge in [0.2, 0.25) is 0 Å². The number of benzene rings is 1. The number of rotatable bonds is 4. The number of ether oxygens (including phenoxy) is 2. The summed E-state index contributed by atoms with van der Waals surface area (Å²) in [4.78, 5) is 0. The predicted molar refractivity (Wildman–Crippen MR) is 64.7 cm³/mol. The molecule has 0 bridgehead atoms. The van der Waals surface area contributed by atoms with E-state index >= 15 is 0 Å². The summed E-state index contributed by atoms with van der Waals surface area (Å²) in [6, 6.07) is 3.48. The van der Waals surface area contributed by atoms with Crippen LogP contribution in [0.5, 0.6) is 11.5 Å². The van der Waals surface area contributed by atoms with Gasteiger partial charge in [-0.05, 0) is 6.07 Å². The van der Waals surface area contributed by atoms with Gasteiger partial charge in [-0.1, -0.05) is 25.4 Å². The third-order valence-electron chi connectivity index (χ3n) is 2.56. The van der Waals surface area contributed by atoms with Gasteiger partial charge >= 0.3 is 0 Å². The minimum absolute atomic E-state index is 0.00455. The Morgan fingerprint density at radius 3 is 2.31 bits per heavy atom. The van der Waals surface area contributed by atoms with E-state index in [1.165, 1.54) is 0 Å². The molecule has 0 spiro atoms. The highest BCUT2D eigenvalue weighted by atomic mass is 35.5. The van der Waals surface area contributed by atoms with Crippen LogP contribution in [0.3, 0.4) is 0 Å². The highest BCUT2D eigenvalue weighted by Crippen LogP contribution is 2.39. The maximum Gasteiger partial charge on any atom is 0.127 e. The average Bonchev–Trinajstić information content (AvgIpc) is 2.27. The lowest BCUT2D eigenvalue weighted by molar-refractivity contribution is 0.214. The number of hydrogen-bond acceptors (Lipinski definition) is 3. The minimum atomic E-state index is -0.450. The minimum Gasteiger partial charge on any atom is -0.497 e. The van der Waals surface area contributed by atoms with Gasteiger partial charge < -0.3 is 14.6 Å². The van der Waals surface area contributed by atoms with E-state index in [4.69, 9.17) is 21.1 Å². The molecule has 0 unspecified atom stereocenters. The molecule has 0 aliphatic heterocycles. The quantitative estimate of drug-likeness (QED) is 0.885. The molecule has 3 nitrogen and oxygen atoms in total. The van der Waals surface area contributed by atoms with Crippen molar-refractivity contribution in [1.82, 2.24) is 0 Å². The molecule has 0 fully saturated rings. The SMILES string of the molecule is COc1cc(Cl)c(C(C)(C)CO)c(OC)c1. The summed E-state index contributed by atoms with van der Waals surface area (Å²) < 4.78 is 10.4. The molecule has 0 aromatic heterocycles. The van der Waals surface area contributed by atoms with Crippen molar-refractivity contribution in [2.24, 2.45) is 0 Å². The molecule has 1 N–H and O–H groups in total. The zero-order chi connectivity index (χ0) is 12.3. The third-order valence-corrected chi connectivity index (χ3v) is 2.85. The first-order valence-electron chi connectivity index (χ1n) is 4.99. The molecule has 4 heteroatoms. The number of aliphatic hydroxyl groups is 1. The van der Waals surface area contributed by atoms with Crippen LogP contribution in [0, 0.1) is 0 Å². The van der Waals surface area contributed by atoms with E-state index in [0.29, 0.717) is 16.5 Å². The smallest absolute Gasteiger partial charge is 0.127 e. The van der Waals surface area contributed by atoms with Crippen LogP contribution in [0.4, 0.5) is 0 Å². The van der Waals surface area contributed by atoms with Crippen molar-refractivity contribution in [3.8, 4) is 11.5 Å². The highest BCUT2D eigenvalue weighted by Gasteiger charge is 2.27. The zero-order valence-corrected chi connectivity index (χ0v) is 10.8. The van der Waals surface area contributed by atoms with Crippen molar-refractivity contribution in [2.45, 2.75) is 19.3 Å². The normalized spacial score (nSPS) is 11.4. The maximum absolute atomic E-state index is 9.37. The van der Waals surface area contributed by atoms with E-state index < -0.39 is 5.41 Å². The van der Waals surface area contributed by atoms with Gasteiger partial charge in [-0.2, -0.15) is 0 Å². The van der Waals surface area contributed by atoms with Gasteiger partial charge in [0.25, 0.3) is 0 Å². The van der Waals surface area contributed by atoms with Crippen LogP contribution in [0.1, 0.15) is 19.4 Å². The summed E-state index contributed by atoms with van der Waals surface area (Å²) in [6.07, 6.45) is 0. The lowest BCUT2D eigenvalue weighted by atomic mass is 9.84. The first-order chi connectivity index (χ1) is 7.46. The van der Waals surface area contributed by atoms with E-state index in [1.807, 2.05) is 13.8 Å². The Kier molecular flexibility index (Phi) is 4.05. The third kappa shape index (κ3) is 2.42. The molecule has 0 aliphatic rings. The Balaban J connectivity index is 3.38. The van der Waals surface area contributed by atoms with Crippen LogP contribution in [0.25, 0.3) is 0 Å². The van der Waals surface area contributed by atoms with Crippen LogP contribution in [0.2, 0.25) is 5.02 Å². The van der Waals surface area contributed by atoms with Crippen molar-refractivity contribution >= 4 is 11.6 Å². The van der Waals surface area contributed by atoms with Gasteiger partial charge in [0.1, 0.15) is 11.5 Å². The van der Waals surface area contributed by atoms with Gasteiger partial charge in [-0.25, -0.2) is 0 Å². The topological polar surface area (TPSA) is 38.7 Å². The number of aliphatic hydroxyl groups excluding tert-OH is 1. The fourth-order valence-corrected chi connectivity index (χ4v) is 2.03. The average molecular weight is 245 g/mol. The monoisotopic (exact) mass is 244 g/mol. The summed E-state index contributed by atoms with van der Waals surface area (Å²) in [7, 11) is 3.14. The molecule has 0 radical (unpaired) electrons. The summed E-state index contributed by atoms with van der Waals surface area (Å²) in [5.74, 6) is 1.27. The van der Waals surface area contributed by atoms with Crippen LogP contribution in [-0.2, 0) is 5.41 Å². The van der Waals surface area contributed by atoms with Crippen molar-refractivity contribution in [2.75, 3.05) is 20.8 Å². The van der Waals surface area contributed by atoms with E-state index in [1.54, 1.807) is 26.4 Å². The van der Waals surface area contributed by atoms with Gasteiger partial charge in [0.15, 0.2) is 0 Å². The van der Waals surface area contributed by atoms with Crippen LogP contribution in [0.15, 0.2) is 12.1 Å². The van der Waals surface area contributed by atoms with Crippen LogP contribution >= 0.6 is 11.6 Å². The second kappa shape index (κ2) is 4.93. The molecule has 0 aliphatic carbocycles. The molecule has 0 atom stereocenters. The first-order valence-corrected chi connectivity index (χ1v) is 5.37. The van der Waals surface area contributed by atoms with Crippen LogP contribution in [-0.4, -0.2) is 25.9 Å². The summed E-state index contributed by atoms with van der Waals surface area (Å²) in [5, 5.41) is 9.91. The molecule has 1 rings (SSSR count). The molecule has 0 amide bonds. The van der Waals surface area contributed by atoms with Crippen molar-refractivity contribution in [1.29, 1.82) is 0 Å². The van der Waals surface area contributed by atoms with Crippen LogP contribution < -0.4 is 9.47 Å². The van der Waals surface area contributed by atoms with Gasteiger partial charge in [-0.3, -0.25) is 0 Å². The van der Waals surface area contributed by atoms with Gasteiger partial charge in [-0.15, -0.1) is 0 Å². The Morgan fingerprint density at radius 2 is 1.88 bits per heavy atom. The molecular formula is C12H17ClO3. The lowest BCUT2D eigenvalue weighted by Gasteiger charge is -2.26. The van der Waals surface area contributed by atoms with E-state index in [-0.39, 0.29) is 6.61 Å². The second-order valence-corrected chi connectivity index (χ2v) is 4.64.